The number of aromatic nitrogens is 1. The number of benzene rings is 2. The highest BCUT2D eigenvalue weighted by Crippen LogP contribution is 2.27. The molecule has 0 saturated carbocycles. The van der Waals surface area contributed by atoms with E-state index >= 15 is 0 Å². The first-order valence-corrected chi connectivity index (χ1v) is 8.57. The number of halogens is 1. The summed E-state index contributed by atoms with van der Waals surface area (Å²) in [4.78, 5) is 12.7. The SMILES string of the molecule is CCOc1ccccc1NC(=O)CC(c1cccc(F)c1)n1cccc1. The topological polar surface area (TPSA) is 43.3 Å². The van der Waals surface area contributed by atoms with Gasteiger partial charge in [0, 0.05) is 12.4 Å². The number of nitrogens with one attached hydrogen (secondary N) is 1. The molecule has 0 saturated heterocycles. The molecule has 0 aliphatic carbocycles. The third-order valence-corrected chi connectivity index (χ3v) is 4.06. The van der Waals surface area contributed by atoms with Gasteiger partial charge in [0.05, 0.1) is 24.8 Å². The summed E-state index contributed by atoms with van der Waals surface area (Å²) in [5.41, 5.74) is 1.37. The Morgan fingerprint density at radius 3 is 2.62 bits per heavy atom. The van der Waals surface area contributed by atoms with E-state index in [4.69, 9.17) is 4.74 Å². The molecule has 2 aromatic carbocycles. The molecule has 1 N–H and O–H groups in total. The van der Waals surface area contributed by atoms with Crippen molar-refractivity contribution in [2.24, 2.45) is 0 Å². The van der Waals surface area contributed by atoms with Gasteiger partial charge in [-0.1, -0.05) is 24.3 Å². The summed E-state index contributed by atoms with van der Waals surface area (Å²) in [6, 6.07) is 17.1. The lowest BCUT2D eigenvalue weighted by molar-refractivity contribution is -0.116. The summed E-state index contributed by atoms with van der Waals surface area (Å²) in [5, 5.41) is 2.90. The highest BCUT2D eigenvalue weighted by molar-refractivity contribution is 5.92. The highest BCUT2D eigenvalue weighted by atomic mass is 19.1. The van der Waals surface area contributed by atoms with E-state index in [2.05, 4.69) is 5.32 Å². The molecule has 0 bridgehead atoms. The molecular weight excluding hydrogens is 331 g/mol. The van der Waals surface area contributed by atoms with Crippen molar-refractivity contribution in [1.82, 2.24) is 4.57 Å². The van der Waals surface area contributed by atoms with Crippen LogP contribution in [0.2, 0.25) is 0 Å². The van der Waals surface area contributed by atoms with Crippen molar-refractivity contribution in [3.63, 3.8) is 0 Å². The van der Waals surface area contributed by atoms with Crippen LogP contribution in [0.25, 0.3) is 0 Å². The van der Waals surface area contributed by atoms with Crippen molar-refractivity contribution < 1.29 is 13.9 Å². The standard InChI is InChI=1S/C21H21FN2O2/c1-2-26-20-11-4-3-10-18(20)23-21(25)15-19(24-12-5-6-13-24)16-8-7-9-17(22)14-16/h3-14,19H,2,15H2,1H3,(H,23,25). The molecule has 0 aliphatic heterocycles. The van der Waals surface area contributed by atoms with Gasteiger partial charge >= 0.3 is 0 Å². The lowest BCUT2D eigenvalue weighted by Gasteiger charge is -2.20. The Hall–Kier alpha value is -3.08. The van der Waals surface area contributed by atoms with Crippen LogP contribution >= 0.6 is 0 Å². The number of carbonyl (C=O) groups is 1. The zero-order valence-corrected chi connectivity index (χ0v) is 14.6. The summed E-state index contributed by atoms with van der Waals surface area (Å²) in [6.45, 7) is 2.41. The van der Waals surface area contributed by atoms with Crippen LogP contribution in [0.1, 0.15) is 24.9 Å². The first kappa shape index (κ1) is 17.7. The Morgan fingerprint density at radius 2 is 1.88 bits per heavy atom. The molecule has 0 aliphatic rings. The lowest BCUT2D eigenvalue weighted by atomic mass is 10.0. The molecule has 0 fully saturated rings. The molecular formula is C21H21FN2O2. The van der Waals surface area contributed by atoms with Gasteiger partial charge in [-0.05, 0) is 48.9 Å². The molecule has 1 aromatic heterocycles. The van der Waals surface area contributed by atoms with Gasteiger partial charge in [-0.2, -0.15) is 0 Å². The van der Waals surface area contributed by atoms with E-state index in [0.29, 0.717) is 18.0 Å². The van der Waals surface area contributed by atoms with Crippen molar-refractivity contribution in [1.29, 1.82) is 0 Å². The average Bonchev–Trinajstić information content (AvgIpc) is 3.16. The number of anilines is 1. The van der Waals surface area contributed by atoms with Crippen molar-refractivity contribution in [3.05, 3.63) is 84.4 Å². The van der Waals surface area contributed by atoms with Gasteiger partial charge in [0.1, 0.15) is 11.6 Å². The molecule has 26 heavy (non-hydrogen) atoms. The van der Waals surface area contributed by atoms with Crippen molar-refractivity contribution in [2.45, 2.75) is 19.4 Å². The van der Waals surface area contributed by atoms with Gasteiger partial charge < -0.3 is 14.6 Å². The zero-order valence-electron chi connectivity index (χ0n) is 14.6. The van der Waals surface area contributed by atoms with Crippen LogP contribution in [0.3, 0.4) is 0 Å². The van der Waals surface area contributed by atoms with Crippen molar-refractivity contribution >= 4 is 11.6 Å². The fourth-order valence-electron chi connectivity index (χ4n) is 2.89. The van der Waals surface area contributed by atoms with Crippen LogP contribution < -0.4 is 10.1 Å². The maximum atomic E-state index is 13.7. The number of hydrogen-bond acceptors (Lipinski definition) is 2. The predicted molar refractivity (Wildman–Crippen MR) is 99.8 cm³/mol. The fourth-order valence-corrected chi connectivity index (χ4v) is 2.89. The largest absolute Gasteiger partial charge is 0.492 e. The highest BCUT2D eigenvalue weighted by Gasteiger charge is 2.19. The van der Waals surface area contributed by atoms with E-state index < -0.39 is 0 Å². The van der Waals surface area contributed by atoms with Gasteiger partial charge in [-0.3, -0.25) is 4.79 Å². The third kappa shape index (κ3) is 4.30. The summed E-state index contributed by atoms with van der Waals surface area (Å²) in [5.74, 6) is 0.147. The molecule has 1 heterocycles. The Labute approximate surface area is 152 Å². The molecule has 0 spiro atoms. The Morgan fingerprint density at radius 1 is 1.12 bits per heavy atom. The lowest BCUT2D eigenvalue weighted by Crippen LogP contribution is -2.20. The van der Waals surface area contributed by atoms with Crippen LogP contribution in [-0.2, 0) is 4.79 Å². The second kappa shape index (κ2) is 8.34. The molecule has 0 radical (unpaired) electrons. The van der Waals surface area contributed by atoms with Crippen LogP contribution in [0.4, 0.5) is 10.1 Å². The van der Waals surface area contributed by atoms with Crippen LogP contribution in [0.5, 0.6) is 5.75 Å². The number of rotatable bonds is 7. The molecule has 4 nitrogen and oxygen atoms in total. The minimum absolute atomic E-state index is 0.167. The maximum absolute atomic E-state index is 13.7. The molecule has 3 aromatic rings. The fraction of sp³-hybridized carbons (Fsp3) is 0.190. The van der Waals surface area contributed by atoms with E-state index in [9.17, 15) is 9.18 Å². The van der Waals surface area contributed by atoms with Gasteiger partial charge in [-0.15, -0.1) is 0 Å². The zero-order chi connectivity index (χ0) is 18.4. The van der Waals surface area contributed by atoms with E-state index in [-0.39, 0.29) is 24.2 Å². The summed E-state index contributed by atoms with van der Waals surface area (Å²) >= 11 is 0. The summed E-state index contributed by atoms with van der Waals surface area (Å²) in [7, 11) is 0. The molecule has 1 amide bonds. The number of carbonyl (C=O) groups excluding carboxylic acids is 1. The number of amides is 1. The quantitative estimate of drug-likeness (QED) is 0.673. The second-order valence-electron chi connectivity index (χ2n) is 5.88. The Balaban J connectivity index is 1.80. The first-order chi connectivity index (χ1) is 12.7. The van der Waals surface area contributed by atoms with Crippen molar-refractivity contribution in [2.75, 3.05) is 11.9 Å². The first-order valence-electron chi connectivity index (χ1n) is 8.57. The number of nitrogens with zero attached hydrogens (tertiary/aromatic N) is 1. The third-order valence-electron chi connectivity index (χ3n) is 4.06. The second-order valence-corrected chi connectivity index (χ2v) is 5.88. The number of hydrogen-bond donors (Lipinski definition) is 1. The Kier molecular flexibility index (Phi) is 5.69. The van der Waals surface area contributed by atoms with Crippen LogP contribution in [0.15, 0.2) is 73.1 Å². The molecule has 1 atom stereocenters. The van der Waals surface area contributed by atoms with Crippen LogP contribution in [0, 0.1) is 5.82 Å². The minimum Gasteiger partial charge on any atom is -0.492 e. The van der Waals surface area contributed by atoms with Gasteiger partial charge in [0.25, 0.3) is 0 Å². The smallest absolute Gasteiger partial charge is 0.226 e. The number of ether oxygens (including phenoxy) is 1. The van der Waals surface area contributed by atoms with Crippen LogP contribution in [-0.4, -0.2) is 17.1 Å². The maximum Gasteiger partial charge on any atom is 0.226 e. The molecule has 134 valence electrons. The van der Waals surface area contributed by atoms with Gasteiger partial charge in [0.15, 0.2) is 0 Å². The summed E-state index contributed by atoms with van der Waals surface area (Å²) in [6.07, 6.45) is 3.92. The summed E-state index contributed by atoms with van der Waals surface area (Å²) < 4.78 is 21.1. The Bertz CT molecular complexity index is 862. The van der Waals surface area contributed by atoms with E-state index in [1.165, 1.54) is 12.1 Å². The van der Waals surface area contributed by atoms with E-state index in [0.717, 1.165) is 5.56 Å². The van der Waals surface area contributed by atoms with Gasteiger partial charge in [0.2, 0.25) is 5.91 Å². The van der Waals surface area contributed by atoms with E-state index in [1.54, 1.807) is 12.1 Å². The number of para-hydroxylation sites is 2. The minimum atomic E-state index is -0.318. The monoisotopic (exact) mass is 352 g/mol. The van der Waals surface area contributed by atoms with Crippen molar-refractivity contribution in [3.8, 4) is 5.75 Å². The molecule has 5 heteroatoms. The molecule has 1 unspecified atom stereocenters. The average molecular weight is 352 g/mol. The van der Waals surface area contributed by atoms with Gasteiger partial charge in [-0.25, -0.2) is 4.39 Å². The normalized spacial score (nSPS) is 11.8. The molecule has 3 rings (SSSR count). The predicted octanol–water partition coefficient (Wildman–Crippen LogP) is 4.64. The van der Waals surface area contributed by atoms with E-state index in [1.807, 2.05) is 60.3 Å².